The summed E-state index contributed by atoms with van der Waals surface area (Å²) in [5.41, 5.74) is 0. The van der Waals surface area contributed by atoms with Crippen LogP contribution < -0.4 is 5.32 Å². The van der Waals surface area contributed by atoms with Crippen LogP contribution in [0.4, 0.5) is 0 Å². The van der Waals surface area contributed by atoms with E-state index in [1.54, 1.807) is 0 Å². The van der Waals surface area contributed by atoms with Gasteiger partial charge in [0.2, 0.25) is 0 Å². The minimum atomic E-state index is 1.19. The summed E-state index contributed by atoms with van der Waals surface area (Å²) in [5, 5.41) is 7.56. The van der Waals surface area contributed by atoms with Gasteiger partial charge in [-0.2, -0.15) is 0 Å². The maximum atomic E-state index is 3.02. The van der Waals surface area contributed by atoms with Crippen LogP contribution in [0.25, 0.3) is 0 Å². The van der Waals surface area contributed by atoms with Crippen molar-refractivity contribution in [3.63, 3.8) is 0 Å². The molecule has 66 valence electrons. The first-order chi connectivity index (χ1) is 5.97. The lowest BCUT2D eigenvalue weighted by molar-refractivity contribution is 0.0445. The molecule has 0 radical (unpaired) electrons. The monoisotopic (exact) mass is 165 g/mol. The molecule has 0 amide bonds. The van der Waals surface area contributed by atoms with Crippen molar-refractivity contribution in [3.8, 4) is 0 Å². The highest BCUT2D eigenvalue weighted by molar-refractivity contribution is 4.97. The minimum absolute atomic E-state index is 1.19. The first-order valence-corrected chi connectivity index (χ1v) is 4.59. The Morgan fingerprint density at radius 1 is 0.917 bits per heavy atom. The lowest BCUT2D eigenvalue weighted by Crippen LogP contribution is -2.40. The molecular formula is C9H15N3. The van der Waals surface area contributed by atoms with Crippen LogP contribution in [0.3, 0.4) is 0 Å². The Balaban J connectivity index is 1.93. The van der Waals surface area contributed by atoms with E-state index in [1.165, 1.54) is 32.4 Å². The minimum Gasteiger partial charge on any atom is -0.365 e. The molecule has 0 atom stereocenters. The molecule has 1 saturated heterocycles. The van der Waals surface area contributed by atoms with Gasteiger partial charge in [0.05, 0.1) is 0 Å². The number of nitrogens with one attached hydrogen (secondary N) is 1. The van der Waals surface area contributed by atoms with Gasteiger partial charge in [0.15, 0.2) is 0 Å². The predicted molar refractivity (Wildman–Crippen MR) is 48.7 cm³/mol. The number of hydrazine groups is 1. The summed E-state index contributed by atoms with van der Waals surface area (Å²) in [6, 6.07) is 0. The summed E-state index contributed by atoms with van der Waals surface area (Å²) in [5.74, 6) is 0. The molecule has 0 aromatic heterocycles. The van der Waals surface area contributed by atoms with Crippen molar-refractivity contribution in [2.75, 3.05) is 13.1 Å². The van der Waals surface area contributed by atoms with E-state index in [4.69, 9.17) is 0 Å². The Bertz CT molecular complexity index is 180. The summed E-state index contributed by atoms with van der Waals surface area (Å²) in [7, 11) is 0. The number of hydrogen-bond donors (Lipinski definition) is 1. The molecule has 2 aliphatic heterocycles. The molecule has 0 aromatic carbocycles. The number of piperidine rings is 1. The second-order valence-electron chi connectivity index (χ2n) is 3.19. The van der Waals surface area contributed by atoms with Crippen molar-refractivity contribution in [2.45, 2.75) is 19.3 Å². The molecule has 3 heteroatoms. The van der Waals surface area contributed by atoms with E-state index in [1.807, 2.05) is 12.4 Å². The van der Waals surface area contributed by atoms with Gasteiger partial charge >= 0.3 is 0 Å². The Kier molecular flexibility index (Phi) is 2.32. The standard InChI is InChI=1S/C9H15N3/c1-2-6-11(7-3-1)12-8-4-10-5-9-12/h4-5,8-10H,1-3,6-7H2. The molecule has 2 heterocycles. The number of rotatable bonds is 1. The van der Waals surface area contributed by atoms with Gasteiger partial charge in [-0.15, -0.1) is 0 Å². The molecule has 12 heavy (non-hydrogen) atoms. The normalized spacial score (nSPS) is 24.2. The van der Waals surface area contributed by atoms with Gasteiger partial charge in [-0.05, 0) is 12.8 Å². The highest BCUT2D eigenvalue weighted by Crippen LogP contribution is 2.12. The van der Waals surface area contributed by atoms with Crippen LogP contribution in [0.15, 0.2) is 24.8 Å². The summed E-state index contributed by atoms with van der Waals surface area (Å²) in [6.45, 7) is 2.38. The van der Waals surface area contributed by atoms with Crippen LogP contribution in [-0.4, -0.2) is 23.1 Å². The second kappa shape index (κ2) is 3.63. The van der Waals surface area contributed by atoms with Gasteiger partial charge in [-0.1, -0.05) is 6.42 Å². The van der Waals surface area contributed by atoms with Gasteiger partial charge < -0.3 is 5.32 Å². The molecule has 2 rings (SSSR count). The summed E-state index contributed by atoms with van der Waals surface area (Å²) < 4.78 is 0. The van der Waals surface area contributed by atoms with Crippen molar-refractivity contribution in [1.82, 2.24) is 15.3 Å². The number of hydrogen-bond acceptors (Lipinski definition) is 3. The van der Waals surface area contributed by atoms with Crippen molar-refractivity contribution in [3.05, 3.63) is 24.8 Å². The fraction of sp³-hybridized carbons (Fsp3) is 0.556. The molecule has 0 bridgehead atoms. The third kappa shape index (κ3) is 1.61. The maximum Gasteiger partial charge on any atom is 0.0372 e. The van der Waals surface area contributed by atoms with Crippen molar-refractivity contribution < 1.29 is 0 Å². The molecule has 3 nitrogen and oxygen atoms in total. The molecule has 2 aliphatic rings. The van der Waals surface area contributed by atoms with Crippen LogP contribution >= 0.6 is 0 Å². The highest BCUT2D eigenvalue weighted by Gasteiger charge is 2.13. The average Bonchev–Trinajstić information content (AvgIpc) is 2.21. The molecular weight excluding hydrogens is 150 g/mol. The fourth-order valence-corrected chi connectivity index (χ4v) is 1.64. The van der Waals surface area contributed by atoms with E-state index in [-0.39, 0.29) is 0 Å². The molecule has 0 aliphatic carbocycles. The van der Waals surface area contributed by atoms with E-state index < -0.39 is 0 Å². The highest BCUT2D eigenvalue weighted by atomic mass is 15.6. The topological polar surface area (TPSA) is 18.5 Å². The predicted octanol–water partition coefficient (Wildman–Crippen LogP) is 1.23. The molecule has 1 N–H and O–H groups in total. The van der Waals surface area contributed by atoms with Crippen LogP contribution in [0.1, 0.15) is 19.3 Å². The first kappa shape index (κ1) is 7.68. The van der Waals surface area contributed by atoms with Gasteiger partial charge in [0.1, 0.15) is 0 Å². The smallest absolute Gasteiger partial charge is 0.0372 e. The van der Waals surface area contributed by atoms with Crippen molar-refractivity contribution in [1.29, 1.82) is 0 Å². The van der Waals surface area contributed by atoms with Crippen LogP contribution in [-0.2, 0) is 0 Å². The van der Waals surface area contributed by atoms with E-state index in [0.717, 1.165) is 0 Å². The summed E-state index contributed by atoms with van der Waals surface area (Å²) in [6.07, 6.45) is 12.1. The quantitative estimate of drug-likeness (QED) is 0.630. The van der Waals surface area contributed by atoms with Gasteiger partial charge in [0.25, 0.3) is 0 Å². The van der Waals surface area contributed by atoms with Crippen LogP contribution in [0.2, 0.25) is 0 Å². The Hall–Kier alpha value is -0.960. The van der Waals surface area contributed by atoms with E-state index in [0.29, 0.717) is 0 Å². The van der Waals surface area contributed by atoms with Crippen LogP contribution in [0.5, 0.6) is 0 Å². The van der Waals surface area contributed by atoms with E-state index >= 15 is 0 Å². The van der Waals surface area contributed by atoms with E-state index in [2.05, 4.69) is 27.7 Å². The summed E-state index contributed by atoms with van der Waals surface area (Å²) in [4.78, 5) is 0. The third-order valence-corrected chi connectivity index (χ3v) is 2.31. The SMILES string of the molecule is C1=CN(N2CCCCC2)C=CN1. The van der Waals surface area contributed by atoms with Gasteiger partial charge in [-0.3, -0.25) is 5.01 Å². The fourth-order valence-electron chi connectivity index (χ4n) is 1.64. The van der Waals surface area contributed by atoms with Crippen LogP contribution in [0, 0.1) is 0 Å². The second-order valence-corrected chi connectivity index (χ2v) is 3.19. The largest absolute Gasteiger partial charge is 0.365 e. The zero-order valence-electron chi connectivity index (χ0n) is 7.24. The third-order valence-electron chi connectivity index (χ3n) is 2.31. The van der Waals surface area contributed by atoms with Crippen molar-refractivity contribution >= 4 is 0 Å². The lowest BCUT2D eigenvalue weighted by atomic mass is 10.2. The van der Waals surface area contributed by atoms with Gasteiger partial charge in [0, 0.05) is 37.9 Å². The molecule has 0 spiro atoms. The maximum absolute atomic E-state index is 3.02. The zero-order chi connectivity index (χ0) is 8.23. The average molecular weight is 165 g/mol. The summed E-state index contributed by atoms with van der Waals surface area (Å²) >= 11 is 0. The molecule has 0 aromatic rings. The molecule has 0 unspecified atom stereocenters. The van der Waals surface area contributed by atoms with Crippen molar-refractivity contribution in [2.24, 2.45) is 0 Å². The zero-order valence-corrected chi connectivity index (χ0v) is 7.24. The van der Waals surface area contributed by atoms with Gasteiger partial charge in [-0.25, -0.2) is 5.01 Å². The Labute approximate surface area is 73.3 Å². The van der Waals surface area contributed by atoms with E-state index in [9.17, 15) is 0 Å². The lowest BCUT2D eigenvalue weighted by Gasteiger charge is -2.35. The Morgan fingerprint density at radius 3 is 2.25 bits per heavy atom. The first-order valence-electron chi connectivity index (χ1n) is 4.59. The molecule has 1 fully saturated rings. The Morgan fingerprint density at radius 2 is 1.58 bits per heavy atom. The molecule has 0 saturated carbocycles. The number of nitrogens with zero attached hydrogens (tertiary/aromatic N) is 2.